The first kappa shape index (κ1) is 28.2. The number of nitrogens with zero attached hydrogens (tertiary/aromatic N) is 2. The third kappa shape index (κ3) is 6.69. The Hall–Kier alpha value is -3.33. The van der Waals surface area contributed by atoms with Gasteiger partial charge in [0.25, 0.3) is 5.91 Å². The molecule has 0 unspecified atom stereocenters. The van der Waals surface area contributed by atoms with Gasteiger partial charge in [-0.1, -0.05) is 60.7 Å². The predicted molar refractivity (Wildman–Crippen MR) is 167 cm³/mol. The van der Waals surface area contributed by atoms with E-state index < -0.39 is 8.07 Å². The number of ether oxygens (including phenoxy) is 1. The fourth-order valence-corrected chi connectivity index (χ4v) is 6.44. The Morgan fingerprint density at radius 3 is 2.40 bits per heavy atom. The van der Waals surface area contributed by atoms with Gasteiger partial charge >= 0.3 is 0 Å². The van der Waals surface area contributed by atoms with Gasteiger partial charge in [-0.25, -0.2) is 4.98 Å². The lowest BCUT2D eigenvalue weighted by molar-refractivity contribution is -0.122. The summed E-state index contributed by atoms with van der Waals surface area (Å²) >= 11 is 6.68. The zero-order chi connectivity index (χ0) is 28.3. The minimum absolute atomic E-state index is 0.0151. The molecule has 3 aromatic carbocycles. The topological polar surface area (TPSA) is 82.3 Å². The summed E-state index contributed by atoms with van der Waals surface area (Å²) in [4.78, 5) is 22.3. The molecule has 40 heavy (non-hydrogen) atoms. The molecule has 0 atom stereocenters. The second-order valence-corrected chi connectivity index (χ2v) is 17.0. The molecule has 0 saturated carbocycles. The van der Waals surface area contributed by atoms with Crippen molar-refractivity contribution in [3.8, 4) is 17.1 Å². The molecule has 3 N–H and O–H groups in total. The van der Waals surface area contributed by atoms with Crippen LogP contribution in [0.15, 0.2) is 60.7 Å². The van der Waals surface area contributed by atoms with Crippen LogP contribution in [0.5, 0.6) is 5.75 Å². The van der Waals surface area contributed by atoms with Crippen LogP contribution in [0.1, 0.15) is 18.4 Å². The molecule has 9 heteroatoms. The van der Waals surface area contributed by atoms with Gasteiger partial charge in [0.1, 0.15) is 17.1 Å². The summed E-state index contributed by atoms with van der Waals surface area (Å²) in [6.45, 7) is 10.2. The van der Waals surface area contributed by atoms with Gasteiger partial charge < -0.3 is 20.4 Å². The molecule has 0 spiro atoms. The number of hydrogen-bond acceptors (Lipinski definition) is 5. The number of H-pyrrole nitrogens is 1. The quantitative estimate of drug-likeness (QED) is 0.225. The number of amides is 1. The number of rotatable bonds is 9. The van der Waals surface area contributed by atoms with Gasteiger partial charge in [0.15, 0.2) is 6.61 Å². The van der Waals surface area contributed by atoms with Crippen molar-refractivity contribution in [1.29, 1.82) is 0 Å². The standard InChI is InChI=1S/C31H38ClN5O2Si/c1-33-28(38)20-39-24-9-7-22(8-10-24)31-35-27-14-13-26(32)29(30(27)36-31)34-23-15-17-37(18-16-23)19-21-5-11-25(12-6-21)40(2,3)4/h5-14,23,34H,15-20H2,1-4H3,(H,33,38)(H,35,36). The Kier molecular flexibility index (Phi) is 8.49. The number of aromatic amines is 1. The van der Waals surface area contributed by atoms with Gasteiger partial charge in [-0.3, -0.25) is 9.69 Å². The lowest BCUT2D eigenvalue weighted by atomic mass is 10.0. The van der Waals surface area contributed by atoms with Gasteiger partial charge in [-0.2, -0.15) is 0 Å². The second-order valence-electron chi connectivity index (χ2n) is 11.5. The Morgan fingerprint density at radius 2 is 1.75 bits per heavy atom. The Balaban J connectivity index is 1.22. The Morgan fingerprint density at radius 1 is 1.05 bits per heavy atom. The number of fused-ring (bicyclic) bond motifs is 1. The van der Waals surface area contributed by atoms with E-state index in [9.17, 15) is 4.79 Å². The summed E-state index contributed by atoms with van der Waals surface area (Å²) in [5.74, 6) is 1.22. The number of anilines is 1. The molecule has 1 aromatic heterocycles. The molecule has 1 saturated heterocycles. The number of nitrogens with one attached hydrogen (secondary N) is 3. The minimum atomic E-state index is -1.26. The zero-order valence-corrected chi connectivity index (χ0v) is 25.4. The van der Waals surface area contributed by atoms with Gasteiger partial charge in [0.2, 0.25) is 0 Å². The summed E-state index contributed by atoms with van der Waals surface area (Å²) in [6, 6.07) is 21.0. The maximum atomic E-state index is 11.4. The Labute approximate surface area is 242 Å². The van der Waals surface area contributed by atoms with Gasteiger partial charge in [0.05, 0.1) is 24.3 Å². The summed E-state index contributed by atoms with van der Waals surface area (Å²) in [6.07, 6.45) is 2.10. The first-order valence-corrected chi connectivity index (χ1v) is 17.8. The number of likely N-dealkylation sites (tertiary alicyclic amines) is 1. The van der Waals surface area contributed by atoms with E-state index in [-0.39, 0.29) is 12.5 Å². The van der Waals surface area contributed by atoms with E-state index in [1.165, 1.54) is 10.8 Å². The summed E-state index contributed by atoms with van der Waals surface area (Å²) < 4.78 is 5.51. The normalized spacial score (nSPS) is 14.8. The van der Waals surface area contributed by atoms with Crippen LogP contribution < -0.4 is 20.6 Å². The van der Waals surface area contributed by atoms with Crippen molar-refractivity contribution in [3.63, 3.8) is 0 Å². The number of hydrogen-bond donors (Lipinski definition) is 3. The highest BCUT2D eigenvalue weighted by molar-refractivity contribution is 6.88. The predicted octanol–water partition coefficient (Wildman–Crippen LogP) is 5.63. The van der Waals surface area contributed by atoms with E-state index in [0.717, 1.165) is 60.6 Å². The van der Waals surface area contributed by atoms with E-state index in [1.807, 2.05) is 36.4 Å². The molecule has 2 heterocycles. The molecule has 1 fully saturated rings. The Bertz CT molecular complexity index is 1460. The highest BCUT2D eigenvalue weighted by atomic mass is 35.5. The van der Waals surface area contributed by atoms with Gasteiger partial charge in [-0.05, 0) is 54.8 Å². The van der Waals surface area contributed by atoms with Crippen LogP contribution in [-0.4, -0.2) is 61.6 Å². The monoisotopic (exact) mass is 575 g/mol. The first-order chi connectivity index (χ1) is 19.2. The molecule has 1 aliphatic heterocycles. The molecular formula is C31H38ClN5O2Si. The van der Waals surface area contributed by atoms with E-state index in [4.69, 9.17) is 21.3 Å². The molecule has 210 valence electrons. The van der Waals surface area contributed by atoms with Crippen LogP contribution in [0.2, 0.25) is 24.7 Å². The minimum Gasteiger partial charge on any atom is -0.484 e. The number of carbonyl (C=O) groups is 1. The number of likely N-dealkylation sites (N-methyl/N-ethyl adjacent to an activating group) is 1. The largest absolute Gasteiger partial charge is 0.484 e. The van der Waals surface area contributed by atoms with Crippen LogP contribution in [0.25, 0.3) is 22.4 Å². The summed E-state index contributed by atoms with van der Waals surface area (Å²) in [5, 5.41) is 8.44. The molecule has 0 bridgehead atoms. The highest BCUT2D eigenvalue weighted by Crippen LogP contribution is 2.34. The van der Waals surface area contributed by atoms with Crippen LogP contribution >= 0.6 is 11.6 Å². The van der Waals surface area contributed by atoms with Crippen LogP contribution in [0.3, 0.4) is 0 Å². The molecule has 4 aromatic rings. The fraction of sp³-hybridized carbons (Fsp3) is 0.355. The highest BCUT2D eigenvalue weighted by Gasteiger charge is 2.22. The van der Waals surface area contributed by atoms with Crippen molar-refractivity contribution in [2.45, 2.75) is 45.1 Å². The molecule has 0 aliphatic carbocycles. The van der Waals surface area contributed by atoms with Gasteiger partial charge in [0, 0.05) is 38.3 Å². The summed E-state index contributed by atoms with van der Waals surface area (Å²) in [5.41, 5.74) is 4.97. The van der Waals surface area contributed by atoms with Crippen molar-refractivity contribution in [2.24, 2.45) is 0 Å². The molecule has 0 radical (unpaired) electrons. The van der Waals surface area contributed by atoms with Gasteiger partial charge in [-0.15, -0.1) is 0 Å². The number of aromatic nitrogens is 2. The van der Waals surface area contributed by atoms with Crippen molar-refractivity contribution < 1.29 is 9.53 Å². The molecule has 1 aliphatic rings. The zero-order valence-electron chi connectivity index (χ0n) is 23.7. The van der Waals surface area contributed by atoms with E-state index in [1.54, 1.807) is 7.05 Å². The smallest absolute Gasteiger partial charge is 0.257 e. The van der Waals surface area contributed by atoms with E-state index >= 15 is 0 Å². The van der Waals surface area contributed by atoms with Crippen LogP contribution in [0.4, 0.5) is 5.69 Å². The number of halogens is 1. The lowest BCUT2D eigenvalue weighted by Gasteiger charge is -2.33. The van der Waals surface area contributed by atoms with E-state index in [2.05, 4.69) is 64.4 Å². The molecule has 5 rings (SSSR count). The maximum Gasteiger partial charge on any atom is 0.257 e. The number of piperidine rings is 1. The number of imidazole rings is 1. The van der Waals surface area contributed by atoms with Crippen molar-refractivity contribution >= 4 is 47.5 Å². The third-order valence-electron chi connectivity index (χ3n) is 7.54. The molecule has 1 amide bonds. The van der Waals surface area contributed by atoms with Crippen molar-refractivity contribution in [3.05, 3.63) is 71.2 Å². The van der Waals surface area contributed by atoms with E-state index in [0.29, 0.717) is 16.8 Å². The third-order valence-corrected chi connectivity index (χ3v) is 9.92. The maximum absolute atomic E-state index is 11.4. The summed E-state index contributed by atoms with van der Waals surface area (Å²) in [7, 11) is 0.322. The number of benzene rings is 3. The number of carbonyl (C=O) groups excluding carboxylic acids is 1. The van der Waals surface area contributed by atoms with Crippen molar-refractivity contribution in [2.75, 3.05) is 32.1 Å². The SMILES string of the molecule is CNC(=O)COc1ccc(-c2nc3c(NC4CCN(Cc5ccc([Si](C)(C)C)cc5)CC4)c(Cl)ccc3[nH]2)cc1. The average molecular weight is 576 g/mol. The average Bonchev–Trinajstić information content (AvgIpc) is 3.39. The first-order valence-electron chi connectivity index (χ1n) is 13.9. The van der Waals surface area contributed by atoms with Crippen LogP contribution in [0, 0.1) is 0 Å². The lowest BCUT2D eigenvalue weighted by Crippen LogP contribution is -2.39. The van der Waals surface area contributed by atoms with Crippen molar-refractivity contribution in [1.82, 2.24) is 20.2 Å². The second kappa shape index (κ2) is 12.0. The van der Waals surface area contributed by atoms with Crippen LogP contribution in [-0.2, 0) is 11.3 Å². The fourth-order valence-electron chi connectivity index (χ4n) is 5.06. The molecular weight excluding hydrogens is 538 g/mol. The molecule has 7 nitrogen and oxygen atoms in total.